The minimum absolute atomic E-state index is 0.00848. The van der Waals surface area contributed by atoms with E-state index in [1.54, 1.807) is 37.1 Å². The number of nitrogens with one attached hydrogen (secondary N) is 1. The van der Waals surface area contributed by atoms with Gasteiger partial charge in [-0.05, 0) is 39.3 Å². The molecule has 1 spiro atoms. The van der Waals surface area contributed by atoms with Crippen molar-refractivity contribution in [2.45, 2.75) is 64.1 Å². The summed E-state index contributed by atoms with van der Waals surface area (Å²) in [7, 11) is 1.56. The number of fused-ring (bicyclic) bond motifs is 1. The van der Waals surface area contributed by atoms with Crippen LogP contribution >= 0.6 is 0 Å². The van der Waals surface area contributed by atoms with Gasteiger partial charge in [0.1, 0.15) is 23.1 Å². The molecule has 3 rings (SSSR count). The van der Waals surface area contributed by atoms with Crippen LogP contribution in [0.15, 0.2) is 18.2 Å². The van der Waals surface area contributed by atoms with Crippen LogP contribution in [0.4, 0.5) is 0 Å². The molecule has 2 heterocycles. The average molecular weight is 388 g/mol. The standard InChI is InChI=1S/C21H28N2O5/c1-13(2)22-20(26)14(3)23-10-9-21(8-7-19(23)25)12-17(24)16-6-5-15(27-4)11-18(16)28-21/h5-6,11,13-14H,7-10,12H2,1-4H3,(H,22,26). The van der Waals surface area contributed by atoms with E-state index in [9.17, 15) is 14.4 Å². The Labute approximate surface area is 165 Å². The van der Waals surface area contributed by atoms with Crippen LogP contribution in [0.25, 0.3) is 0 Å². The van der Waals surface area contributed by atoms with Gasteiger partial charge in [-0.1, -0.05) is 0 Å². The van der Waals surface area contributed by atoms with E-state index in [-0.39, 0.29) is 36.5 Å². The number of Topliss-reactive ketones (excluding diaryl/α,β-unsaturated/α-hetero) is 1. The summed E-state index contributed by atoms with van der Waals surface area (Å²) in [6.07, 6.45) is 1.43. The van der Waals surface area contributed by atoms with E-state index in [0.717, 1.165) is 0 Å². The molecule has 2 aliphatic heterocycles. The first-order valence-corrected chi connectivity index (χ1v) is 9.75. The van der Waals surface area contributed by atoms with Crippen LogP contribution in [0.1, 0.15) is 56.8 Å². The number of hydrogen-bond donors (Lipinski definition) is 1. The molecule has 1 fully saturated rings. The quantitative estimate of drug-likeness (QED) is 0.856. The van der Waals surface area contributed by atoms with Crippen molar-refractivity contribution >= 4 is 17.6 Å². The van der Waals surface area contributed by atoms with Crippen molar-refractivity contribution in [1.29, 1.82) is 0 Å². The van der Waals surface area contributed by atoms with Crippen LogP contribution < -0.4 is 14.8 Å². The molecule has 1 aromatic rings. The lowest BCUT2D eigenvalue weighted by atomic mass is 9.84. The molecule has 7 heteroatoms. The summed E-state index contributed by atoms with van der Waals surface area (Å²) in [6.45, 7) is 5.88. The summed E-state index contributed by atoms with van der Waals surface area (Å²) in [5.74, 6) is 0.872. The van der Waals surface area contributed by atoms with E-state index in [1.807, 2.05) is 13.8 Å². The molecule has 2 aliphatic rings. The van der Waals surface area contributed by atoms with Gasteiger partial charge in [-0.2, -0.15) is 0 Å². The number of amides is 2. The fourth-order valence-electron chi connectivity index (χ4n) is 3.89. The number of benzene rings is 1. The Hall–Kier alpha value is -2.57. The smallest absolute Gasteiger partial charge is 0.242 e. The third-order valence-corrected chi connectivity index (χ3v) is 5.50. The first kappa shape index (κ1) is 20.2. The van der Waals surface area contributed by atoms with E-state index in [1.165, 1.54) is 0 Å². The molecule has 1 aromatic carbocycles. The van der Waals surface area contributed by atoms with Gasteiger partial charge in [0, 0.05) is 31.5 Å². The molecule has 7 nitrogen and oxygen atoms in total. The molecular formula is C21H28N2O5. The highest BCUT2D eigenvalue weighted by molar-refractivity contribution is 6.00. The summed E-state index contributed by atoms with van der Waals surface area (Å²) in [6, 6.07) is 4.63. The third-order valence-electron chi connectivity index (χ3n) is 5.50. The summed E-state index contributed by atoms with van der Waals surface area (Å²) in [5, 5.41) is 2.85. The molecule has 0 bridgehead atoms. The van der Waals surface area contributed by atoms with Crippen molar-refractivity contribution in [2.75, 3.05) is 13.7 Å². The minimum atomic E-state index is -0.727. The van der Waals surface area contributed by atoms with E-state index in [2.05, 4.69) is 5.32 Å². The Morgan fingerprint density at radius 1 is 1.25 bits per heavy atom. The topological polar surface area (TPSA) is 84.9 Å². The van der Waals surface area contributed by atoms with Gasteiger partial charge in [0.15, 0.2) is 5.78 Å². The van der Waals surface area contributed by atoms with Crippen LogP contribution in [0.2, 0.25) is 0 Å². The SMILES string of the molecule is COc1ccc2c(c1)OC1(CCC(=O)N(C(C)C(=O)NC(C)C)CC1)CC2=O. The average Bonchev–Trinajstić information content (AvgIpc) is 2.79. The summed E-state index contributed by atoms with van der Waals surface area (Å²) >= 11 is 0. The lowest BCUT2D eigenvalue weighted by molar-refractivity contribution is -0.139. The van der Waals surface area contributed by atoms with E-state index in [4.69, 9.17) is 9.47 Å². The first-order valence-electron chi connectivity index (χ1n) is 9.75. The van der Waals surface area contributed by atoms with Gasteiger partial charge in [-0.15, -0.1) is 0 Å². The largest absolute Gasteiger partial charge is 0.497 e. The number of likely N-dealkylation sites (tertiary alicyclic amines) is 1. The number of carbonyl (C=O) groups excluding carboxylic acids is 3. The van der Waals surface area contributed by atoms with Crippen molar-refractivity contribution in [3.8, 4) is 11.5 Å². The molecule has 0 aliphatic carbocycles. The van der Waals surface area contributed by atoms with Crippen LogP contribution in [-0.2, 0) is 9.59 Å². The van der Waals surface area contributed by atoms with Crippen LogP contribution in [-0.4, -0.2) is 53.8 Å². The summed E-state index contributed by atoms with van der Waals surface area (Å²) < 4.78 is 11.5. The second-order valence-corrected chi connectivity index (χ2v) is 7.92. The maximum Gasteiger partial charge on any atom is 0.242 e. The van der Waals surface area contributed by atoms with Crippen molar-refractivity contribution in [3.63, 3.8) is 0 Å². The van der Waals surface area contributed by atoms with Gasteiger partial charge in [0.2, 0.25) is 11.8 Å². The highest BCUT2D eigenvalue weighted by Gasteiger charge is 2.44. The zero-order chi connectivity index (χ0) is 20.5. The van der Waals surface area contributed by atoms with Gasteiger partial charge < -0.3 is 19.7 Å². The van der Waals surface area contributed by atoms with E-state index < -0.39 is 11.6 Å². The van der Waals surface area contributed by atoms with Gasteiger partial charge in [-0.25, -0.2) is 0 Å². The first-order chi connectivity index (χ1) is 13.2. The maximum absolute atomic E-state index is 12.7. The normalized spacial score (nSPS) is 23.1. The minimum Gasteiger partial charge on any atom is -0.497 e. The Bertz CT molecular complexity index is 791. The van der Waals surface area contributed by atoms with Gasteiger partial charge in [-0.3, -0.25) is 14.4 Å². The Balaban J connectivity index is 1.79. The number of ether oxygens (including phenoxy) is 2. The monoisotopic (exact) mass is 388 g/mol. The lowest BCUT2D eigenvalue weighted by Gasteiger charge is -2.37. The second-order valence-electron chi connectivity index (χ2n) is 7.92. The lowest BCUT2D eigenvalue weighted by Crippen LogP contribution is -2.50. The van der Waals surface area contributed by atoms with Crippen molar-refractivity contribution in [1.82, 2.24) is 10.2 Å². The highest BCUT2D eigenvalue weighted by atomic mass is 16.5. The molecule has 0 radical (unpaired) electrons. The zero-order valence-corrected chi connectivity index (χ0v) is 16.9. The zero-order valence-electron chi connectivity index (χ0n) is 16.9. The van der Waals surface area contributed by atoms with Gasteiger partial charge in [0.25, 0.3) is 0 Å². The Kier molecular flexibility index (Phi) is 5.63. The molecular weight excluding hydrogens is 360 g/mol. The Morgan fingerprint density at radius 2 is 2.00 bits per heavy atom. The molecule has 152 valence electrons. The van der Waals surface area contributed by atoms with Crippen LogP contribution in [0.3, 0.4) is 0 Å². The predicted octanol–water partition coefficient (Wildman–Crippen LogP) is 2.32. The number of ketones is 1. The fraction of sp³-hybridized carbons (Fsp3) is 0.571. The van der Waals surface area contributed by atoms with Crippen LogP contribution in [0.5, 0.6) is 11.5 Å². The van der Waals surface area contributed by atoms with Crippen molar-refractivity contribution in [2.24, 2.45) is 0 Å². The molecule has 2 unspecified atom stereocenters. The number of methoxy groups -OCH3 is 1. The number of rotatable bonds is 4. The number of hydrogen-bond acceptors (Lipinski definition) is 5. The van der Waals surface area contributed by atoms with Gasteiger partial charge in [0.05, 0.1) is 19.1 Å². The molecule has 2 atom stereocenters. The number of nitrogens with zero attached hydrogens (tertiary/aromatic N) is 1. The van der Waals surface area contributed by atoms with E-state index >= 15 is 0 Å². The third kappa shape index (κ3) is 3.98. The second kappa shape index (κ2) is 7.81. The molecule has 0 aromatic heterocycles. The molecule has 1 N–H and O–H groups in total. The number of carbonyl (C=O) groups is 3. The van der Waals surface area contributed by atoms with Crippen LogP contribution in [0, 0.1) is 0 Å². The molecule has 28 heavy (non-hydrogen) atoms. The highest BCUT2D eigenvalue weighted by Crippen LogP contribution is 2.41. The van der Waals surface area contributed by atoms with E-state index in [0.29, 0.717) is 36.4 Å². The maximum atomic E-state index is 12.7. The summed E-state index contributed by atoms with van der Waals surface area (Å²) in [5.41, 5.74) is -0.182. The molecule has 0 saturated carbocycles. The van der Waals surface area contributed by atoms with Crippen molar-refractivity contribution in [3.05, 3.63) is 23.8 Å². The Morgan fingerprint density at radius 3 is 2.68 bits per heavy atom. The fourth-order valence-corrected chi connectivity index (χ4v) is 3.89. The molecule has 1 saturated heterocycles. The predicted molar refractivity (Wildman–Crippen MR) is 104 cm³/mol. The molecule has 2 amide bonds. The summed E-state index contributed by atoms with van der Waals surface area (Å²) in [4.78, 5) is 39.4. The van der Waals surface area contributed by atoms with Crippen molar-refractivity contribution < 1.29 is 23.9 Å². The van der Waals surface area contributed by atoms with Gasteiger partial charge >= 0.3 is 0 Å².